The molecule has 1 aromatic heterocycles. The molecular formula is C12H15N3O2S. The minimum atomic E-state index is -3.56. The highest BCUT2D eigenvalue weighted by atomic mass is 32.2. The highest BCUT2D eigenvalue weighted by molar-refractivity contribution is 7.92. The Kier molecular flexibility index (Phi) is 3.13. The van der Waals surface area contributed by atoms with Crippen LogP contribution in [0.5, 0.6) is 0 Å². The maximum absolute atomic E-state index is 12.2. The third-order valence-electron chi connectivity index (χ3n) is 2.85. The van der Waals surface area contributed by atoms with E-state index in [4.69, 9.17) is 0 Å². The predicted molar refractivity (Wildman–Crippen MR) is 69.9 cm³/mol. The number of rotatable bonds is 3. The number of sulfonamides is 1. The van der Waals surface area contributed by atoms with Crippen LogP contribution < -0.4 is 4.72 Å². The summed E-state index contributed by atoms with van der Waals surface area (Å²) in [5.41, 5.74) is 2.01. The van der Waals surface area contributed by atoms with Gasteiger partial charge < -0.3 is 0 Å². The summed E-state index contributed by atoms with van der Waals surface area (Å²) < 4.78 is 28.3. The highest BCUT2D eigenvalue weighted by Gasteiger charge is 2.16. The maximum Gasteiger partial charge on any atom is 0.263 e. The van der Waals surface area contributed by atoms with Crippen molar-refractivity contribution in [1.29, 1.82) is 0 Å². The van der Waals surface area contributed by atoms with Crippen LogP contribution in [-0.4, -0.2) is 18.2 Å². The number of nitrogens with one attached hydrogen (secondary N) is 1. The molecule has 1 N–H and O–H groups in total. The minimum Gasteiger partial charge on any atom is -0.264 e. The predicted octanol–water partition coefficient (Wildman–Crippen LogP) is 1.84. The van der Waals surface area contributed by atoms with Gasteiger partial charge in [0.2, 0.25) is 0 Å². The van der Waals surface area contributed by atoms with Crippen molar-refractivity contribution >= 4 is 15.8 Å². The molecule has 6 heteroatoms. The quantitative estimate of drug-likeness (QED) is 0.921. The molecule has 0 atom stereocenters. The fourth-order valence-corrected chi connectivity index (χ4v) is 2.72. The van der Waals surface area contributed by atoms with Crippen molar-refractivity contribution in [2.24, 2.45) is 7.05 Å². The first-order valence-electron chi connectivity index (χ1n) is 5.48. The molecule has 5 nitrogen and oxygen atoms in total. The van der Waals surface area contributed by atoms with Crippen molar-refractivity contribution in [2.75, 3.05) is 4.72 Å². The van der Waals surface area contributed by atoms with Gasteiger partial charge in [0, 0.05) is 13.1 Å². The summed E-state index contributed by atoms with van der Waals surface area (Å²) in [7, 11) is -1.88. The van der Waals surface area contributed by atoms with Crippen LogP contribution in [0.3, 0.4) is 0 Å². The average Bonchev–Trinajstić information content (AvgIpc) is 2.67. The molecule has 0 amide bonds. The topological polar surface area (TPSA) is 64.0 Å². The van der Waals surface area contributed by atoms with Gasteiger partial charge in [0.05, 0.1) is 11.1 Å². The van der Waals surface area contributed by atoms with Gasteiger partial charge in [-0.3, -0.25) is 9.40 Å². The third kappa shape index (κ3) is 2.38. The molecule has 0 radical (unpaired) electrons. The Hall–Kier alpha value is -1.82. The van der Waals surface area contributed by atoms with Crippen LogP contribution in [0.4, 0.5) is 5.82 Å². The Bertz CT molecular complexity index is 674. The Morgan fingerprint density at radius 1 is 1.17 bits per heavy atom. The molecule has 96 valence electrons. The van der Waals surface area contributed by atoms with E-state index in [1.54, 1.807) is 31.3 Å². The zero-order valence-corrected chi connectivity index (χ0v) is 11.3. The number of aromatic nitrogens is 2. The molecule has 0 bridgehead atoms. The Morgan fingerprint density at radius 2 is 1.89 bits per heavy atom. The zero-order chi connectivity index (χ0) is 13.3. The third-order valence-corrected chi connectivity index (χ3v) is 4.20. The number of anilines is 1. The van der Waals surface area contributed by atoms with Crippen LogP contribution in [0.25, 0.3) is 0 Å². The van der Waals surface area contributed by atoms with Crippen LogP contribution >= 0.6 is 0 Å². The lowest BCUT2D eigenvalue weighted by Gasteiger charge is -2.09. The lowest BCUT2D eigenvalue weighted by Crippen LogP contribution is -2.15. The Balaban J connectivity index is 2.37. The van der Waals surface area contributed by atoms with Gasteiger partial charge in [-0.05, 0) is 37.1 Å². The first-order chi connectivity index (χ1) is 8.40. The van der Waals surface area contributed by atoms with Gasteiger partial charge in [0.25, 0.3) is 10.0 Å². The minimum absolute atomic E-state index is 0.256. The summed E-state index contributed by atoms with van der Waals surface area (Å²) in [4.78, 5) is 0.256. The van der Waals surface area contributed by atoms with Crippen molar-refractivity contribution in [1.82, 2.24) is 9.78 Å². The number of nitrogens with zero attached hydrogens (tertiary/aromatic N) is 2. The molecule has 0 spiro atoms. The van der Waals surface area contributed by atoms with Crippen molar-refractivity contribution in [3.05, 3.63) is 41.6 Å². The monoisotopic (exact) mass is 265 g/mol. The molecule has 0 aliphatic heterocycles. The number of aryl methyl sites for hydroxylation is 3. The zero-order valence-electron chi connectivity index (χ0n) is 10.5. The SMILES string of the molecule is Cc1ccc(S(=O)(=O)Nc2ccnn2C)cc1C. The average molecular weight is 265 g/mol. The first-order valence-corrected chi connectivity index (χ1v) is 6.96. The Morgan fingerprint density at radius 3 is 2.44 bits per heavy atom. The van der Waals surface area contributed by atoms with Crippen LogP contribution in [0.2, 0.25) is 0 Å². The molecule has 0 saturated carbocycles. The van der Waals surface area contributed by atoms with Crippen molar-refractivity contribution in [3.8, 4) is 0 Å². The number of hydrogen-bond acceptors (Lipinski definition) is 3. The molecule has 0 aliphatic rings. The second-order valence-electron chi connectivity index (χ2n) is 4.19. The van der Waals surface area contributed by atoms with Gasteiger partial charge in [-0.25, -0.2) is 8.42 Å². The molecule has 1 aromatic carbocycles. The van der Waals surface area contributed by atoms with Crippen LogP contribution in [0.15, 0.2) is 35.4 Å². The normalized spacial score (nSPS) is 11.5. The smallest absolute Gasteiger partial charge is 0.263 e. The molecule has 0 aliphatic carbocycles. The summed E-state index contributed by atoms with van der Waals surface area (Å²) in [6.07, 6.45) is 1.54. The van der Waals surface area contributed by atoms with Gasteiger partial charge in [-0.2, -0.15) is 5.10 Å². The number of benzene rings is 1. The molecular weight excluding hydrogens is 250 g/mol. The molecule has 18 heavy (non-hydrogen) atoms. The fourth-order valence-electron chi connectivity index (χ4n) is 1.55. The van der Waals surface area contributed by atoms with Crippen molar-refractivity contribution in [2.45, 2.75) is 18.7 Å². The summed E-state index contributed by atoms with van der Waals surface area (Å²) in [6, 6.07) is 6.67. The van der Waals surface area contributed by atoms with Crippen molar-refractivity contribution < 1.29 is 8.42 Å². The standard InChI is InChI=1S/C12H15N3O2S/c1-9-4-5-11(8-10(9)2)18(16,17)14-12-6-7-13-15(12)3/h4-8,14H,1-3H3. The van der Waals surface area contributed by atoms with Gasteiger partial charge in [-0.15, -0.1) is 0 Å². The lowest BCUT2D eigenvalue weighted by molar-refractivity contribution is 0.600. The van der Waals surface area contributed by atoms with E-state index in [0.29, 0.717) is 5.82 Å². The molecule has 0 fully saturated rings. The summed E-state index contributed by atoms with van der Waals surface area (Å²) in [5, 5.41) is 3.92. The van der Waals surface area contributed by atoms with Gasteiger partial charge in [0.15, 0.2) is 0 Å². The van der Waals surface area contributed by atoms with Gasteiger partial charge >= 0.3 is 0 Å². The summed E-state index contributed by atoms with van der Waals surface area (Å²) >= 11 is 0. The Labute approximate surface area is 107 Å². The number of hydrogen-bond donors (Lipinski definition) is 1. The van der Waals surface area contributed by atoms with E-state index >= 15 is 0 Å². The second kappa shape index (κ2) is 4.45. The van der Waals surface area contributed by atoms with E-state index in [-0.39, 0.29) is 4.90 Å². The summed E-state index contributed by atoms with van der Waals surface area (Å²) in [5.74, 6) is 0.438. The molecule has 1 heterocycles. The molecule has 2 rings (SSSR count). The van der Waals surface area contributed by atoms with E-state index in [2.05, 4.69) is 9.82 Å². The molecule has 0 unspecified atom stereocenters. The van der Waals surface area contributed by atoms with Crippen molar-refractivity contribution in [3.63, 3.8) is 0 Å². The van der Waals surface area contributed by atoms with Gasteiger partial charge in [-0.1, -0.05) is 6.07 Å². The van der Waals surface area contributed by atoms with E-state index in [0.717, 1.165) is 11.1 Å². The summed E-state index contributed by atoms with van der Waals surface area (Å²) in [6.45, 7) is 3.83. The first kappa shape index (κ1) is 12.6. The van der Waals surface area contributed by atoms with Crippen LogP contribution in [0, 0.1) is 13.8 Å². The van der Waals surface area contributed by atoms with Crippen LogP contribution in [0.1, 0.15) is 11.1 Å². The fraction of sp³-hybridized carbons (Fsp3) is 0.250. The molecule has 0 saturated heterocycles. The largest absolute Gasteiger partial charge is 0.264 e. The van der Waals surface area contributed by atoms with E-state index in [1.807, 2.05) is 13.8 Å². The maximum atomic E-state index is 12.2. The van der Waals surface area contributed by atoms with Crippen LogP contribution in [-0.2, 0) is 17.1 Å². The van der Waals surface area contributed by atoms with Gasteiger partial charge in [0.1, 0.15) is 5.82 Å². The molecule has 2 aromatic rings. The van der Waals surface area contributed by atoms with E-state index in [1.165, 1.54) is 10.9 Å². The second-order valence-corrected chi connectivity index (χ2v) is 5.87. The lowest BCUT2D eigenvalue weighted by atomic mass is 10.1. The van der Waals surface area contributed by atoms with E-state index in [9.17, 15) is 8.42 Å². The highest BCUT2D eigenvalue weighted by Crippen LogP contribution is 2.18. The van der Waals surface area contributed by atoms with E-state index < -0.39 is 10.0 Å².